The molecule has 0 radical (unpaired) electrons. The van der Waals surface area contributed by atoms with Crippen molar-refractivity contribution in [3.8, 4) is 10.4 Å². The maximum Gasteiger partial charge on any atom is 0.274 e. The Morgan fingerprint density at radius 2 is 1.92 bits per heavy atom. The first-order valence-electron chi connectivity index (χ1n) is 8.27. The number of aliphatic hydroxyl groups is 1. The van der Waals surface area contributed by atoms with Gasteiger partial charge in [0, 0.05) is 32.7 Å². The van der Waals surface area contributed by atoms with E-state index in [4.69, 9.17) is 0 Å². The lowest BCUT2D eigenvalue weighted by molar-refractivity contribution is 0.0550. The number of β-amino-alcohol motifs (C(OH)–C–C–N with tert-alkyl or cyclic N) is 1. The van der Waals surface area contributed by atoms with E-state index in [0.717, 1.165) is 28.5 Å². The van der Waals surface area contributed by atoms with Gasteiger partial charge in [-0.25, -0.2) is 4.98 Å². The third-order valence-electron chi connectivity index (χ3n) is 4.15. The summed E-state index contributed by atoms with van der Waals surface area (Å²) in [5.74, 6) is 0.00917. The highest BCUT2D eigenvalue weighted by molar-refractivity contribution is 7.15. The van der Waals surface area contributed by atoms with E-state index in [9.17, 15) is 9.90 Å². The van der Waals surface area contributed by atoms with Gasteiger partial charge in [0.05, 0.1) is 16.0 Å². The van der Waals surface area contributed by atoms with Crippen LogP contribution < -0.4 is 0 Å². The number of amides is 1. The summed E-state index contributed by atoms with van der Waals surface area (Å²) in [5.41, 5.74) is 1.60. The molecule has 5 nitrogen and oxygen atoms in total. The van der Waals surface area contributed by atoms with Crippen LogP contribution in [0.3, 0.4) is 0 Å². The maximum atomic E-state index is 12.9. The number of aromatic nitrogens is 1. The summed E-state index contributed by atoms with van der Waals surface area (Å²) in [6.07, 6.45) is -0.335. The second kappa shape index (κ2) is 7.42. The van der Waals surface area contributed by atoms with Crippen LogP contribution in [-0.2, 0) is 0 Å². The Balaban J connectivity index is 1.75. The Bertz CT molecular complexity index is 692. The van der Waals surface area contributed by atoms with E-state index in [0.29, 0.717) is 25.3 Å². The van der Waals surface area contributed by atoms with Crippen molar-refractivity contribution >= 4 is 17.2 Å². The molecule has 128 valence electrons. The van der Waals surface area contributed by atoms with E-state index in [2.05, 4.69) is 9.88 Å². The highest BCUT2D eigenvalue weighted by atomic mass is 32.1. The lowest BCUT2D eigenvalue weighted by Gasteiger charge is -2.35. The molecule has 1 aliphatic rings. The van der Waals surface area contributed by atoms with Crippen LogP contribution >= 0.6 is 11.3 Å². The molecule has 1 saturated heterocycles. The van der Waals surface area contributed by atoms with Gasteiger partial charge in [-0.2, -0.15) is 0 Å². The lowest BCUT2D eigenvalue weighted by atomic mass is 10.1. The van der Waals surface area contributed by atoms with Crippen molar-refractivity contribution < 1.29 is 9.90 Å². The van der Waals surface area contributed by atoms with Crippen LogP contribution in [0.15, 0.2) is 30.3 Å². The van der Waals surface area contributed by atoms with Gasteiger partial charge in [0.25, 0.3) is 5.91 Å². The molecule has 1 aromatic heterocycles. The van der Waals surface area contributed by atoms with Crippen molar-refractivity contribution in [3.63, 3.8) is 0 Å². The molecule has 0 aliphatic carbocycles. The molecule has 1 fully saturated rings. The number of thiazole rings is 1. The van der Waals surface area contributed by atoms with Crippen molar-refractivity contribution in [2.24, 2.45) is 0 Å². The predicted octanol–water partition coefficient (Wildman–Crippen LogP) is 2.26. The Labute approximate surface area is 146 Å². The van der Waals surface area contributed by atoms with Gasteiger partial charge in [-0.1, -0.05) is 30.3 Å². The average molecular weight is 345 g/mol. The van der Waals surface area contributed by atoms with Crippen molar-refractivity contribution in [2.75, 3.05) is 32.7 Å². The van der Waals surface area contributed by atoms with Gasteiger partial charge in [-0.15, -0.1) is 11.3 Å². The number of hydrogen-bond acceptors (Lipinski definition) is 5. The molecule has 0 spiro atoms. The molecule has 3 rings (SSSR count). The van der Waals surface area contributed by atoms with Crippen molar-refractivity contribution in [1.82, 2.24) is 14.8 Å². The smallest absolute Gasteiger partial charge is 0.274 e. The molecular weight excluding hydrogens is 322 g/mol. The fraction of sp³-hybridized carbons (Fsp3) is 0.444. The first-order valence-corrected chi connectivity index (χ1v) is 9.09. The van der Waals surface area contributed by atoms with E-state index in [1.807, 2.05) is 42.2 Å². The van der Waals surface area contributed by atoms with E-state index >= 15 is 0 Å². The van der Waals surface area contributed by atoms with Crippen LogP contribution in [0.25, 0.3) is 10.4 Å². The van der Waals surface area contributed by atoms with E-state index in [-0.39, 0.29) is 12.0 Å². The molecule has 1 atom stereocenters. The fourth-order valence-corrected chi connectivity index (χ4v) is 3.93. The molecule has 0 unspecified atom stereocenters. The van der Waals surface area contributed by atoms with Gasteiger partial charge in [0.2, 0.25) is 0 Å². The van der Waals surface area contributed by atoms with E-state index in [1.54, 1.807) is 18.3 Å². The molecular formula is C18H23N3O2S. The average Bonchev–Trinajstić information content (AvgIpc) is 2.97. The molecule has 24 heavy (non-hydrogen) atoms. The molecule has 1 aromatic carbocycles. The van der Waals surface area contributed by atoms with Gasteiger partial charge in [-0.3, -0.25) is 9.69 Å². The van der Waals surface area contributed by atoms with Crippen LogP contribution in [0.4, 0.5) is 0 Å². The summed E-state index contributed by atoms with van der Waals surface area (Å²) < 4.78 is 0. The van der Waals surface area contributed by atoms with Crippen LogP contribution in [0.2, 0.25) is 0 Å². The van der Waals surface area contributed by atoms with Gasteiger partial charge in [-0.05, 0) is 19.4 Å². The summed E-state index contributed by atoms with van der Waals surface area (Å²) in [6, 6.07) is 9.97. The summed E-state index contributed by atoms with van der Waals surface area (Å²) in [5, 5.41) is 10.4. The SMILES string of the molecule is Cc1nc(C(=O)N2CCN(C[C@H](C)O)CC2)c(-c2ccccc2)s1. The second-order valence-electron chi connectivity index (χ2n) is 6.22. The minimum Gasteiger partial charge on any atom is -0.392 e. The third kappa shape index (κ3) is 3.83. The minimum absolute atomic E-state index is 0.00917. The number of aliphatic hydroxyl groups excluding tert-OH is 1. The van der Waals surface area contributed by atoms with Gasteiger partial charge in [0.1, 0.15) is 5.69 Å². The molecule has 1 N–H and O–H groups in total. The third-order valence-corrected chi connectivity index (χ3v) is 5.17. The Kier molecular flexibility index (Phi) is 5.28. The maximum absolute atomic E-state index is 12.9. The molecule has 6 heteroatoms. The molecule has 0 bridgehead atoms. The van der Waals surface area contributed by atoms with Crippen molar-refractivity contribution in [3.05, 3.63) is 41.0 Å². The quantitative estimate of drug-likeness (QED) is 0.923. The molecule has 0 saturated carbocycles. The van der Waals surface area contributed by atoms with E-state index < -0.39 is 0 Å². The normalized spacial score (nSPS) is 17.0. The van der Waals surface area contributed by atoms with Crippen molar-refractivity contribution in [1.29, 1.82) is 0 Å². The highest BCUT2D eigenvalue weighted by Gasteiger charge is 2.27. The predicted molar refractivity (Wildman–Crippen MR) is 96.3 cm³/mol. The number of piperazine rings is 1. The zero-order valence-electron chi connectivity index (χ0n) is 14.1. The second-order valence-corrected chi connectivity index (χ2v) is 7.42. The van der Waals surface area contributed by atoms with Crippen LogP contribution in [0, 0.1) is 6.92 Å². The number of carbonyl (C=O) groups excluding carboxylic acids is 1. The molecule has 2 aromatic rings. The zero-order chi connectivity index (χ0) is 17.1. The van der Waals surface area contributed by atoms with Gasteiger partial charge in [0.15, 0.2) is 0 Å². The van der Waals surface area contributed by atoms with Crippen molar-refractivity contribution in [2.45, 2.75) is 20.0 Å². The summed E-state index contributed by atoms with van der Waals surface area (Å²) >= 11 is 1.57. The number of hydrogen-bond donors (Lipinski definition) is 1. The zero-order valence-corrected chi connectivity index (χ0v) is 14.9. The summed E-state index contributed by atoms with van der Waals surface area (Å²) in [6.45, 7) is 7.33. The number of carbonyl (C=O) groups is 1. The van der Waals surface area contributed by atoms with Crippen LogP contribution in [0.1, 0.15) is 22.4 Å². The van der Waals surface area contributed by atoms with Crippen LogP contribution in [0.5, 0.6) is 0 Å². The topological polar surface area (TPSA) is 56.7 Å². The highest BCUT2D eigenvalue weighted by Crippen LogP contribution is 2.31. The molecule has 2 heterocycles. The molecule has 1 aliphatic heterocycles. The number of aryl methyl sites for hydroxylation is 1. The standard InChI is InChI=1S/C18H23N3O2S/c1-13(22)12-20-8-10-21(11-9-20)18(23)16-17(24-14(2)19-16)15-6-4-3-5-7-15/h3-7,13,22H,8-12H2,1-2H3/t13-/m0/s1. The lowest BCUT2D eigenvalue weighted by Crippen LogP contribution is -2.50. The first-order chi connectivity index (χ1) is 11.5. The van der Waals surface area contributed by atoms with Gasteiger partial charge < -0.3 is 10.0 Å². The Hall–Kier alpha value is -1.76. The number of nitrogens with zero attached hydrogens (tertiary/aromatic N) is 3. The number of rotatable bonds is 4. The Morgan fingerprint density at radius 3 is 2.54 bits per heavy atom. The van der Waals surface area contributed by atoms with Crippen LogP contribution in [-0.4, -0.2) is 64.6 Å². The molecule has 1 amide bonds. The minimum atomic E-state index is -0.335. The first kappa shape index (κ1) is 17.1. The summed E-state index contributed by atoms with van der Waals surface area (Å²) in [7, 11) is 0. The Morgan fingerprint density at radius 1 is 1.25 bits per heavy atom. The van der Waals surface area contributed by atoms with Gasteiger partial charge >= 0.3 is 0 Å². The largest absolute Gasteiger partial charge is 0.392 e. The van der Waals surface area contributed by atoms with E-state index in [1.165, 1.54) is 0 Å². The summed E-state index contributed by atoms with van der Waals surface area (Å²) in [4.78, 5) is 22.5. The fourth-order valence-electron chi connectivity index (χ4n) is 3.01. The monoisotopic (exact) mass is 345 g/mol. The number of benzene rings is 1.